The summed E-state index contributed by atoms with van der Waals surface area (Å²) in [6.45, 7) is 0. The van der Waals surface area contributed by atoms with Crippen LogP contribution in [0.5, 0.6) is 23.0 Å². The average molecular weight is 767 g/mol. The predicted octanol–water partition coefficient (Wildman–Crippen LogP) is -9.98. The molecule has 3 N–H and O–H groups in total. The summed E-state index contributed by atoms with van der Waals surface area (Å²) in [5.41, 5.74) is -0.545. The van der Waals surface area contributed by atoms with E-state index in [-0.39, 0.29) is 187 Å². The van der Waals surface area contributed by atoms with Gasteiger partial charge >= 0.3 is 118 Å². The van der Waals surface area contributed by atoms with Gasteiger partial charge in [0, 0.05) is 24.2 Å². The molecule has 0 aromatic heterocycles. The second-order valence-corrected chi connectivity index (χ2v) is 14.5. The van der Waals surface area contributed by atoms with Crippen LogP contribution in [-0.4, -0.2) is 61.3 Å². The predicted molar refractivity (Wildman–Crippen MR) is 151 cm³/mol. The first kappa shape index (κ1) is 46.8. The fraction of sp³-hybridized carbons (Fsp3) is 0.172. The summed E-state index contributed by atoms with van der Waals surface area (Å²) < 4.78 is 114. The van der Waals surface area contributed by atoms with Gasteiger partial charge in [-0.2, -0.15) is 18.2 Å². The fourth-order valence-electron chi connectivity index (χ4n) is 5.35. The first-order valence-electron chi connectivity index (χ1n) is 12.8. The Morgan fingerprint density at radius 2 is 0.755 bits per heavy atom. The maximum atomic E-state index is 12.1. The zero-order valence-corrected chi connectivity index (χ0v) is 37.5. The van der Waals surface area contributed by atoms with Crippen LogP contribution in [0.15, 0.2) is 63.2 Å². The van der Waals surface area contributed by atoms with Crippen LogP contribution in [0, 0.1) is 6.07 Å². The fourth-order valence-corrected chi connectivity index (χ4v) is 7.07. The van der Waals surface area contributed by atoms with E-state index in [1.807, 2.05) is 0 Å². The smallest absolute Gasteiger partial charge is 0.744 e. The van der Waals surface area contributed by atoms with Gasteiger partial charge in [0.1, 0.15) is 47.6 Å². The van der Waals surface area contributed by atoms with Crippen molar-refractivity contribution < 1.29 is 177 Å². The number of methoxy groups -OCH3 is 1. The topological polar surface area (TPSA) is 242 Å². The molecule has 238 valence electrons. The number of rotatable bonds is 4. The van der Waals surface area contributed by atoms with Crippen LogP contribution in [0.1, 0.15) is 44.5 Å². The SMILES string of the molecule is COc1c2cc(S(=O)(=O)[O-])cc1Cc1cc(S(=O)(=O)[O-])cc(c1O)Cc1cc(S(=O)(=O)[O-])cc(c1O)Cc1c[c-]cc(c1O)C2.[Na+].[Na+].[Na+].[Na+]. The van der Waals surface area contributed by atoms with Gasteiger partial charge in [-0.25, -0.2) is 25.3 Å². The molecular formula is C29H22Na4O13S3. The van der Waals surface area contributed by atoms with Gasteiger partial charge in [0.25, 0.3) is 0 Å². The van der Waals surface area contributed by atoms with E-state index in [1.165, 1.54) is 19.2 Å². The monoisotopic (exact) mass is 766 g/mol. The van der Waals surface area contributed by atoms with E-state index in [1.54, 1.807) is 0 Å². The average Bonchev–Trinajstić information content (AvgIpc) is 2.92. The van der Waals surface area contributed by atoms with Crippen LogP contribution in [0.25, 0.3) is 0 Å². The molecule has 1 aliphatic carbocycles. The molecule has 0 heterocycles. The van der Waals surface area contributed by atoms with Crippen LogP contribution < -0.4 is 123 Å². The summed E-state index contributed by atoms with van der Waals surface area (Å²) in [5.74, 6) is -1.46. The molecule has 20 heteroatoms. The normalized spacial score (nSPS) is 12.7. The van der Waals surface area contributed by atoms with Crippen molar-refractivity contribution in [2.24, 2.45) is 0 Å². The summed E-state index contributed by atoms with van der Waals surface area (Å²) in [6.07, 6.45) is -1.65. The Morgan fingerprint density at radius 1 is 0.510 bits per heavy atom. The number of phenols is 3. The molecule has 0 amide bonds. The van der Waals surface area contributed by atoms with Crippen LogP contribution >= 0.6 is 0 Å². The van der Waals surface area contributed by atoms with Crippen molar-refractivity contribution in [2.75, 3.05) is 7.11 Å². The zero-order valence-electron chi connectivity index (χ0n) is 27.1. The molecule has 49 heavy (non-hydrogen) atoms. The number of hydrogen-bond donors (Lipinski definition) is 3. The Morgan fingerprint density at radius 3 is 1.06 bits per heavy atom. The largest absolute Gasteiger partial charge is 1.00 e. The summed E-state index contributed by atoms with van der Waals surface area (Å²) in [6, 6.07) is 10.9. The van der Waals surface area contributed by atoms with Crippen LogP contribution in [0.4, 0.5) is 0 Å². The first-order chi connectivity index (χ1) is 20.9. The van der Waals surface area contributed by atoms with Gasteiger partial charge in [0.05, 0.1) is 21.8 Å². The Bertz CT molecular complexity index is 2230. The number of aromatic hydroxyl groups is 3. The molecule has 0 fully saturated rings. The van der Waals surface area contributed by atoms with Gasteiger partial charge in [0.2, 0.25) is 0 Å². The molecular weight excluding hydrogens is 744 g/mol. The van der Waals surface area contributed by atoms with Gasteiger partial charge in [-0.3, -0.25) is 0 Å². The van der Waals surface area contributed by atoms with E-state index in [2.05, 4.69) is 6.07 Å². The van der Waals surface area contributed by atoms with E-state index in [0.29, 0.717) is 0 Å². The van der Waals surface area contributed by atoms with E-state index < -0.39 is 69.4 Å². The Kier molecular flexibility index (Phi) is 17.0. The zero-order chi connectivity index (χ0) is 33.1. The maximum absolute atomic E-state index is 12.1. The molecule has 0 radical (unpaired) electrons. The molecule has 4 aromatic rings. The third-order valence-electron chi connectivity index (χ3n) is 7.42. The van der Waals surface area contributed by atoms with Gasteiger partial charge in [0.15, 0.2) is 0 Å². The number of ether oxygens (including phenoxy) is 1. The second kappa shape index (κ2) is 17.8. The van der Waals surface area contributed by atoms with Gasteiger partial charge in [-0.1, -0.05) is 0 Å². The van der Waals surface area contributed by atoms with Crippen molar-refractivity contribution in [1.29, 1.82) is 0 Å². The van der Waals surface area contributed by atoms with Crippen LogP contribution in [-0.2, 0) is 56.0 Å². The summed E-state index contributed by atoms with van der Waals surface area (Å²) >= 11 is 0. The van der Waals surface area contributed by atoms with E-state index >= 15 is 0 Å². The molecule has 8 bridgehead atoms. The third kappa shape index (κ3) is 10.5. The molecule has 0 unspecified atom stereocenters. The van der Waals surface area contributed by atoms with Gasteiger partial charge in [-0.15, -0.1) is 11.1 Å². The minimum atomic E-state index is -5.17. The maximum Gasteiger partial charge on any atom is 1.00 e. The minimum absolute atomic E-state index is 0. The van der Waals surface area contributed by atoms with Crippen molar-refractivity contribution in [1.82, 2.24) is 0 Å². The molecule has 0 saturated carbocycles. The molecule has 0 aliphatic heterocycles. The number of phenolic OH excluding ortho intramolecular Hbond substituents is 3. The Balaban J connectivity index is 0.00000300. The summed E-state index contributed by atoms with van der Waals surface area (Å²) in [5, 5.41) is 33.6. The molecule has 5 rings (SSSR count). The Hall–Kier alpha value is -0.190. The van der Waals surface area contributed by atoms with E-state index in [4.69, 9.17) is 4.74 Å². The van der Waals surface area contributed by atoms with E-state index in [9.17, 15) is 54.2 Å². The van der Waals surface area contributed by atoms with Crippen molar-refractivity contribution >= 4 is 30.4 Å². The van der Waals surface area contributed by atoms with E-state index in [0.717, 1.165) is 36.4 Å². The number of benzene rings is 4. The molecule has 0 spiro atoms. The standard InChI is InChI=1S/C29H25O13S3.4Na/c1-42-29-21-6-16-4-2-3-15(26(16)30)5-17-9-23(43(33,34)35)10-18(27(17)31)7-19-11-24(44(36,37)38)12-20(28(19)32)8-22(29)14-25(13-21)45(39,40)41;;;;/h3-4,9-14,30-32H,5-8H2,1H3,(H,33,34,35)(H,36,37,38)(H,39,40,41);;;;/q-1;4*+1/p-3. The Labute approximate surface area is 371 Å². The number of hydrogen-bond acceptors (Lipinski definition) is 13. The summed E-state index contributed by atoms with van der Waals surface area (Å²) in [4.78, 5) is -2.27. The molecule has 4 aromatic carbocycles. The molecule has 0 saturated heterocycles. The minimum Gasteiger partial charge on any atom is -0.744 e. The van der Waals surface area contributed by atoms with Crippen molar-refractivity contribution in [2.45, 2.75) is 40.4 Å². The second-order valence-electron chi connectivity index (χ2n) is 10.4. The van der Waals surface area contributed by atoms with Crippen molar-refractivity contribution in [3.05, 3.63) is 99.1 Å². The quantitative estimate of drug-likeness (QED) is 0.0876. The van der Waals surface area contributed by atoms with Crippen LogP contribution in [0.3, 0.4) is 0 Å². The third-order valence-corrected chi connectivity index (χ3v) is 9.86. The van der Waals surface area contributed by atoms with Gasteiger partial charge in [-0.05, 0) is 77.1 Å². The van der Waals surface area contributed by atoms with Crippen molar-refractivity contribution in [3.8, 4) is 23.0 Å². The molecule has 1 aliphatic rings. The van der Waals surface area contributed by atoms with Gasteiger partial charge < -0.3 is 33.7 Å². The van der Waals surface area contributed by atoms with Crippen LogP contribution in [0.2, 0.25) is 0 Å². The molecule has 13 nitrogen and oxygen atoms in total. The van der Waals surface area contributed by atoms with Crippen molar-refractivity contribution in [3.63, 3.8) is 0 Å². The summed E-state index contributed by atoms with van der Waals surface area (Å²) in [7, 11) is -14.1. The first-order valence-corrected chi connectivity index (χ1v) is 17.1. The number of fused-ring (bicyclic) bond motifs is 8. The molecule has 0 atom stereocenters.